The van der Waals surface area contributed by atoms with Crippen LogP contribution >= 0.6 is 0 Å². The zero-order valence-electron chi connectivity index (χ0n) is 12.6. The van der Waals surface area contributed by atoms with Crippen LogP contribution in [0.5, 0.6) is 0 Å². The largest absolute Gasteiger partial charge is 0.382 e. The van der Waals surface area contributed by atoms with Gasteiger partial charge >= 0.3 is 0 Å². The minimum absolute atomic E-state index is 0.348. The fraction of sp³-hybridized carbons (Fsp3) is 0.600. The zero-order valence-corrected chi connectivity index (χ0v) is 13.4. The Balaban J connectivity index is 1.77. The molecule has 0 aromatic heterocycles. The van der Waals surface area contributed by atoms with Gasteiger partial charge in [0.2, 0.25) is 10.0 Å². The maximum absolute atomic E-state index is 12.2. The molecule has 2 aliphatic heterocycles. The first-order valence-corrected chi connectivity index (χ1v) is 8.92. The molecule has 5 nitrogen and oxygen atoms in total. The first-order chi connectivity index (χ1) is 9.96. The Hall–Kier alpha value is -1.11. The number of sulfonamides is 1. The average Bonchev–Trinajstić information content (AvgIpc) is 2.85. The van der Waals surface area contributed by atoms with E-state index in [1.165, 1.54) is 23.8 Å². The van der Waals surface area contributed by atoms with Crippen molar-refractivity contribution in [1.29, 1.82) is 0 Å². The van der Waals surface area contributed by atoms with Crippen LogP contribution in [0.1, 0.15) is 12.8 Å². The van der Waals surface area contributed by atoms with E-state index < -0.39 is 10.0 Å². The first-order valence-electron chi connectivity index (χ1n) is 7.48. The van der Waals surface area contributed by atoms with E-state index in [-0.39, 0.29) is 0 Å². The second kappa shape index (κ2) is 5.59. The predicted molar refractivity (Wildman–Crippen MR) is 83.9 cm³/mol. The maximum atomic E-state index is 12.2. The minimum atomic E-state index is -3.37. The van der Waals surface area contributed by atoms with Gasteiger partial charge in [-0.3, -0.25) is 0 Å². The van der Waals surface area contributed by atoms with Gasteiger partial charge < -0.3 is 10.2 Å². The van der Waals surface area contributed by atoms with Crippen LogP contribution in [0.2, 0.25) is 0 Å². The molecular formula is C15H23N3O2S. The summed E-state index contributed by atoms with van der Waals surface area (Å²) in [4.78, 5) is 2.86. The summed E-state index contributed by atoms with van der Waals surface area (Å²) in [6.07, 6.45) is 2.38. The smallest absolute Gasteiger partial charge is 0.242 e. The standard InChI is InChI=1S/C15H23N3O2S/c1-17(2)21(19,20)14-5-3-4-13(10-14)16-15-7-9-18-8-6-12(15)11-18/h3-5,10,12,15-16H,6-9,11H2,1-2H3. The number of piperidine rings is 1. The highest BCUT2D eigenvalue weighted by atomic mass is 32.2. The molecule has 3 rings (SSSR count). The molecule has 3 unspecified atom stereocenters. The third-order valence-corrected chi connectivity index (χ3v) is 6.41. The summed E-state index contributed by atoms with van der Waals surface area (Å²) in [5.74, 6) is 0.688. The third-order valence-electron chi connectivity index (χ3n) is 4.60. The van der Waals surface area contributed by atoms with Crippen LogP contribution in [0.3, 0.4) is 0 Å². The lowest BCUT2D eigenvalue weighted by Gasteiger charge is -2.31. The molecule has 2 aliphatic rings. The normalized spacial score (nSPS) is 28.8. The lowest BCUT2D eigenvalue weighted by molar-refractivity contribution is 0.255. The highest BCUT2D eigenvalue weighted by Crippen LogP contribution is 2.30. The molecule has 0 radical (unpaired) electrons. The molecule has 0 aliphatic carbocycles. The van der Waals surface area contributed by atoms with Gasteiger partial charge in [0.15, 0.2) is 0 Å². The Morgan fingerprint density at radius 2 is 2.00 bits per heavy atom. The van der Waals surface area contributed by atoms with E-state index in [4.69, 9.17) is 0 Å². The summed E-state index contributed by atoms with van der Waals surface area (Å²) in [6, 6.07) is 7.62. The van der Waals surface area contributed by atoms with E-state index in [1.807, 2.05) is 12.1 Å². The highest BCUT2D eigenvalue weighted by Gasteiger charge is 2.34. The monoisotopic (exact) mass is 309 g/mol. The molecular weight excluding hydrogens is 286 g/mol. The van der Waals surface area contributed by atoms with Crippen molar-refractivity contribution in [3.8, 4) is 0 Å². The second-order valence-corrected chi connectivity index (χ2v) is 8.36. The summed E-state index contributed by atoms with van der Waals surface area (Å²) in [6.45, 7) is 3.52. The fourth-order valence-corrected chi connectivity index (χ4v) is 4.26. The van der Waals surface area contributed by atoms with Crippen molar-refractivity contribution < 1.29 is 8.42 Å². The number of anilines is 1. The van der Waals surface area contributed by atoms with Gasteiger partial charge in [-0.05, 0) is 43.5 Å². The quantitative estimate of drug-likeness (QED) is 0.914. The molecule has 21 heavy (non-hydrogen) atoms. The molecule has 1 aromatic carbocycles. The van der Waals surface area contributed by atoms with E-state index in [0.717, 1.165) is 18.7 Å². The van der Waals surface area contributed by atoms with E-state index >= 15 is 0 Å². The molecule has 2 bridgehead atoms. The molecule has 0 amide bonds. The van der Waals surface area contributed by atoms with Crippen molar-refractivity contribution in [2.75, 3.05) is 39.0 Å². The maximum Gasteiger partial charge on any atom is 0.242 e. The minimum Gasteiger partial charge on any atom is -0.382 e. The van der Waals surface area contributed by atoms with Crippen LogP contribution in [-0.2, 0) is 10.0 Å². The summed E-state index contributed by atoms with van der Waals surface area (Å²) < 4.78 is 25.6. The van der Waals surface area contributed by atoms with Crippen LogP contribution in [0.4, 0.5) is 5.69 Å². The molecule has 2 fully saturated rings. The van der Waals surface area contributed by atoms with Gasteiger partial charge in [0.25, 0.3) is 0 Å². The van der Waals surface area contributed by atoms with E-state index in [0.29, 0.717) is 16.9 Å². The Labute approximate surface area is 127 Å². The summed E-state index contributed by atoms with van der Waals surface area (Å²) >= 11 is 0. The highest BCUT2D eigenvalue weighted by molar-refractivity contribution is 7.89. The number of nitrogens with one attached hydrogen (secondary N) is 1. The van der Waals surface area contributed by atoms with Gasteiger partial charge in [0, 0.05) is 38.9 Å². The van der Waals surface area contributed by atoms with Crippen LogP contribution in [0.25, 0.3) is 0 Å². The number of hydrogen-bond donors (Lipinski definition) is 1. The van der Waals surface area contributed by atoms with Crippen LogP contribution in [-0.4, -0.2) is 57.4 Å². The van der Waals surface area contributed by atoms with Gasteiger partial charge in [0.05, 0.1) is 4.90 Å². The van der Waals surface area contributed by atoms with Crippen molar-refractivity contribution in [2.45, 2.75) is 23.8 Å². The summed E-state index contributed by atoms with van der Waals surface area (Å²) in [5.41, 5.74) is 0.906. The van der Waals surface area contributed by atoms with Crippen molar-refractivity contribution in [3.63, 3.8) is 0 Å². The lowest BCUT2D eigenvalue weighted by Crippen LogP contribution is -2.39. The fourth-order valence-electron chi connectivity index (χ4n) is 3.31. The Kier molecular flexibility index (Phi) is 3.94. The van der Waals surface area contributed by atoms with Gasteiger partial charge in [-0.25, -0.2) is 12.7 Å². The molecule has 0 saturated carbocycles. The molecule has 0 spiro atoms. The topological polar surface area (TPSA) is 52.7 Å². The second-order valence-electron chi connectivity index (χ2n) is 6.20. The Morgan fingerprint density at radius 1 is 1.24 bits per heavy atom. The molecule has 116 valence electrons. The van der Waals surface area contributed by atoms with Crippen LogP contribution in [0, 0.1) is 5.92 Å². The van der Waals surface area contributed by atoms with E-state index in [1.54, 1.807) is 26.2 Å². The third kappa shape index (κ3) is 2.93. The molecule has 6 heteroatoms. The van der Waals surface area contributed by atoms with Crippen molar-refractivity contribution >= 4 is 15.7 Å². The van der Waals surface area contributed by atoms with E-state index in [9.17, 15) is 8.42 Å². The molecule has 2 saturated heterocycles. The SMILES string of the molecule is CN(C)S(=O)(=O)c1cccc(NC2CCN3CCC2C3)c1. The predicted octanol–water partition coefficient (Wildman–Crippen LogP) is 1.44. The van der Waals surface area contributed by atoms with Gasteiger partial charge in [-0.15, -0.1) is 0 Å². The molecule has 3 atom stereocenters. The molecule has 1 N–H and O–H groups in total. The Morgan fingerprint density at radius 3 is 2.76 bits per heavy atom. The summed E-state index contributed by atoms with van der Waals surface area (Å²) in [5, 5.41) is 3.55. The van der Waals surface area contributed by atoms with E-state index in [2.05, 4.69) is 10.2 Å². The first kappa shape index (κ1) is 14.8. The van der Waals surface area contributed by atoms with Crippen LogP contribution in [0.15, 0.2) is 29.2 Å². The number of nitrogens with zero attached hydrogens (tertiary/aromatic N) is 2. The Bertz CT molecular complexity index is 615. The number of hydrogen-bond acceptors (Lipinski definition) is 4. The number of benzene rings is 1. The average molecular weight is 309 g/mol. The zero-order chi connectivity index (χ0) is 15.0. The van der Waals surface area contributed by atoms with Gasteiger partial charge in [-0.2, -0.15) is 0 Å². The van der Waals surface area contributed by atoms with Crippen LogP contribution < -0.4 is 5.32 Å². The van der Waals surface area contributed by atoms with Gasteiger partial charge in [-0.1, -0.05) is 6.07 Å². The number of fused-ring (bicyclic) bond motifs is 2. The number of rotatable bonds is 4. The van der Waals surface area contributed by atoms with Crippen molar-refractivity contribution in [3.05, 3.63) is 24.3 Å². The summed E-state index contributed by atoms with van der Waals surface area (Å²) in [7, 11) is -0.248. The molecule has 2 heterocycles. The van der Waals surface area contributed by atoms with Gasteiger partial charge in [0.1, 0.15) is 0 Å². The molecule has 1 aromatic rings. The van der Waals surface area contributed by atoms with Crippen molar-refractivity contribution in [2.24, 2.45) is 5.92 Å². The lowest BCUT2D eigenvalue weighted by atomic mass is 9.94. The van der Waals surface area contributed by atoms with Crippen molar-refractivity contribution in [1.82, 2.24) is 9.21 Å².